The lowest BCUT2D eigenvalue weighted by molar-refractivity contribution is -0.137. The minimum absolute atomic E-state index is 0.0561. The highest BCUT2D eigenvalue weighted by molar-refractivity contribution is 5.78. The van der Waals surface area contributed by atoms with Gasteiger partial charge in [0.05, 0.1) is 12.0 Å². The van der Waals surface area contributed by atoms with E-state index in [0.717, 1.165) is 24.3 Å². The van der Waals surface area contributed by atoms with Gasteiger partial charge in [0.1, 0.15) is 11.6 Å². The molecule has 2 aromatic carbocycles. The molecule has 0 atom stereocenters. The summed E-state index contributed by atoms with van der Waals surface area (Å²) in [7, 11) is 3.63. The number of nitrogens with zero attached hydrogens (tertiary/aromatic N) is 2. The summed E-state index contributed by atoms with van der Waals surface area (Å²) in [5.41, 5.74) is -0.199. The van der Waals surface area contributed by atoms with E-state index in [1.165, 1.54) is 23.1 Å². The molecule has 1 amide bonds. The Morgan fingerprint density at radius 2 is 1.61 bits per heavy atom. The lowest BCUT2D eigenvalue weighted by atomic mass is 10.1. The number of carbonyl (C=O) groups is 1. The van der Waals surface area contributed by atoms with E-state index >= 15 is 0 Å². The van der Waals surface area contributed by atoms with E-state index in [4.69, 9.17) is 0 Å². The highest BCUT2D eigenvalue weighted by atomic mass is 19.4. The number of rotatable bonds is 7. The fourth-order valence-electron chi connectivity index (χ4n) is 2.57. The maximum atomic E-state index is 14.0. The Morgan fingerprint density at radius 3 is 2.14 bits per heavy atom. The first-order valence-corrected chi connectivity index (χ1v) is 8.59. The summed E-state index contributed by atoms with van der Waals surface area (Å²) < 4.78 is 65.0. The molecule has 0 spiro atoms. The van der Waals surface area contributed by atoms with Gasteiger partial charge < -0.3 is 9.80 Å². The van der Waals surface area contributed by atoms with E-state index in [1.54, 1.807) is 0 Å². The monoisotopic (exact) mass is 400 g/mol. The molecule has 0 saturated heterocycles. The summed E-state index contributed by atoms with van der Waals surface area (Å²) in [5, 5.41) is 0. The third-order valence-corrected chi connectivity index (χ3v) is 4.18. The van der Waals surface area contributed by atoms with Crippen molar-refractivity contribution in [1.29, 1.82) is 0 Å². The summed E-state index contributed by atoms with van der Waals surface area (Å²) in [5.74, 6) is -1.82. The fourth-order valence-corrected chi connectivity index (χ4v) is 2.57. The van der Waals surface area contributed by atoms with Crippen LogP contribution in [0.3, 0.4) is 0 Å². The third kappa shape index (κ3) is 6.30. The molecule has 0 aliphatic rings. The number of amides is 1. The second kappa shape index (κ2) is 9.14. The molecule has 0 saturated carbocycles. The van der Waals surface area contributed by atoms with Crippen molar-refractivity contribution in [2.75, 3.05) is 27.2 Å². The molecule has 2 rings (SSSR count). The van der Waals surface area contributed by atoms with Crippen LogP contribution in [0.5, 0.6) is 0 Å². The van der Waals surface area contributed by atoms with Gasteiger partial charge in [0, 0.05) is 31.3 Å². The van der Waals surface area contributed by atoms with Crippen LogP contribution in [0.15, 0.2) is 42.5 Å². The molecular formula is C20H21F5N2O. The van der Waals surface area contributed by atoms with Crippen molar-refractivity contribution in [2.45, 2.75) is 19.1 Å². The van der Waals surface area contributed by atoms with Gasteiger partial charge in [-0.3, -0.25) is 4.79 Å². The Kier molecular flexibility index (Phi) is 7.12. The zero-order valence-electron chi connectivity index (χ0n) is 15.6. The molecule has 0 heterocycles. The molecule has 28 heavy (non-hydrogen) atoms. The lowest BCUT2D eigenvalue weighted by Crippen LogP contribution is -2.37. The summed E-state index contributed by atoms with van der Waals surface area (Å²) in [6, 6.07) is 7.49. The molecule has 0 bridgehead atoms. The first-order chi connectivity index (χ1) is 13.1. The van der Waals surface area contributed by atoms with Crippen molar-refractivity contribution in [3.63, 3.8) is 0 Å². The molecule has 0 N–H and O–H groups in total. The van der Waals surface area contributed by atoms with E-state index in [9.17, 15) is 26.7 Å². The third-order valence-electron chi connectivity index (χ3n) is 4.18. The molecule has 0 aliphatic carbocycles. The maximum absolute atomic E-state index is 14.0. The molecule has 0 aromatic heterocycles. The van der Waals surface area contributed by atoms with Gasteiger partial charge in [0.25, 0.3) is 0 Å². The average molecular weight is 400 g/mol. The van der Waals surface area contributed by atoms with Crippen molar-refractivity contribution in [2.24, 2.45) is 0 Å². The number of carbonyl (C=O) groups excluding carboxylic acids is 1. The van der Waals surface area contributed by atoms with Crippen LogP contribution in [0.1, 0.15) is 16.7 Å². The molecule has 8 heteroatoms. The number of benzene rings is 2. The number of hydrogen-bond acceptors (Lipinski definition) is 2. The predicted octanol–water partition coefficient (Wildman–Crippen LogP) is 4.12. The lowest BCUT2D eigenvalue weighted by Gasteiger charge is -2.25. The van der Waals surface area contributed by atoms with Gasteiger partial charge in [-0.05, 0) is 37.9 Å². The van der Waals surface area contributed by atoms with Crippen LogP contribution in [0.25, 0.3) is 0 Å². The van der Waals surface area contributed by atoms with E-state index in [0.29, 0.717) is 18.7 Å². The van der Waals surface area contributed by atoms with Crippen molar-refractivity contribution < 1.29 is 26.7 Å². The normalized spacial score (nSPS) is 11.7. The van der Waals surface area contributed by atoms with Crippen LogP contribution >= 0.6 is 0 Å². The van der Waals surface area contributed by atoms with Crippen LogP contribution in [-0.2, 0) is 23.9 Å². The molecule has 0 radical (unpaired) electrons. The van der Waals surface area contributed by atoms with Crippen LogP contribution in [0, 0.1) is 11.6 Å². The predicted molar refractivity (Wildman–Crippen MR) is 95.5 cm³/mol. The van der Waals surface area contributed by atoms with Gasteiger partial charge in [-0.1, -0.05) is 18.2 Å². The van der Waals surface area contributed by atoms with Crippen LogP contribution < -0.4 is 0 Å². The van der Waals surface area contributed by atoms with Gasteiger partial charge in [-0.15, -0.1) is 0 Å². The Labute approximate surface area is 160 Å². The summed E-state index contributed by atoms with van der Waals surface area (Å²) in [4.78, 5) is 15.9. The highest BCUT2D eigenvalue weighted by Crippen LogP contribution is 2.29. The minimum atomic E-state index is -4.44. The smallest absolute Gasteiger partial charge is 0.337 e. The van der Waals surface area contributed by atoms with E-state index < -0.39 is 23.4 Å². The summed E-state index contributed by atoms with van der Waals surface area (Å²) >= 11 is 0. The first-order valence-electron chi connectivity index (χ1n) is 8.59. The quantitative estimate of drug-likeness (QED) is 0.653. The summed E-state index contributed by atoms with van der Waals surface area (Å²) in [6.07, 6.45) is -4.56. The Balaban J connectivity index is 2.14. The number of hydrogen-bond donors (Lipinski definition) is 0. The molecule has 0 fully saturated rings. The second-order valence-electron chi connectivity index (χ2n) is 6.73. The maximum Gasteiger partial charge on any atom is 0.416 e. The topological polar surface area (TPSA) is 23.6 Å². The van der Waals surface area contributed by atoms with Crippen LogP contribution in [0.2, 0.25) is 0 Å². The molecular weight excluding hydrogens is 379 g/mol. The fraction of sp³-hybridized carbons (Fsp3) is 0.350. The first kappa shape index (κ1) is 21.8. The van der Waals surface area contributed by atoms with Crippen molar-refractivity contribution in [1.82, 2.24) is 9.80 Å². The average Bonchev–Trinajstić information content (AvgIpc) is 2.59. The second-order valence-corrected chi connectivity index (χ2v) is 6.73. The SMILES string of the molecule is CN(C)CCN(Cc1ccc(F)cc1F)C(=O)Cc1ccc(C(F)(F)F)cc1. The molecule has 0 aliphatic heterocycles. The Bertz CT molecular complexity index is 803. The Morgan fingerprint density at radius 1 is 0.964 bits per heavy atom. The van der Waals surface area contributed by atoms with Gasteiger partial charge in [0.15, 0.2) is 0 Å². The zero-order chi connectivity index (χ0) is 20.9. The minimum Gasteiger partial charge on any atom is -0.337 e. The zero-order valence-corrected chi connectivity index (χ0v) is 15.6. The Hall–Kier alpha value is -2.48. The largest absolute Gasteiger partial charge is 0.416 e. The van der Waals surface area contributed by atoms with E-state index in [-0.39, 0.29) is 24.4 Å². The van der Waals surface area contributed by atoms with Crippen LogP contribution in [-0.4, -0.2) is 42.9 Å². The number of likely N-dealkylation sites (N-methyl/N-ethyl adjacent to an activating group) is 1. The van der Waals surface area contributed by atoms with Gasteiger partial charge in [-0.25, -0.2) is 8.78 Å². The molecule has 2 aromatic rings. The van der Waals surface area contributed by atoms with Gasteiger partial charge >= 0.3 is 6.18 Å². The van der Waals surface area contributed by atoms with E-state index in [1.807, 2.05) is 19.0 Å². The number of halogens is 5. The standard InChI is InChI=1S/C20H21F5N2O/c1-26(2)9-10-27(13-15-5-8-17(21)12-18(15)22)19(28)11-14-3-6-16(7-4-14)20(23,24)25/h3-8,12H,9-11,13H2,1-2H3. The summed E-state index contributed by atoms with van der Waals surface area (Å²) in [6.45, 7) is 0.754. The van der Waals surface area contributed by atoms with Crippen molar-refractivity contribution in [3.8, 4) is 0 Å². The molecule has 3 nitrogen and oxygen atoms in total. The molecule has 0 unspecified atom stereocenters. The van der Waals surface area contributed by atoms with Gasteiger partial charge in [-0.2, -0.15) is 13.2 Å². The molecule has 152 valence electrons. The highest BCUT2D eigenvalue weighted by Gasteiger charge is 2.30. The van der Waals surface area contributed by atoms with E-state index in [2.05, 4.69) is 0 Å². The van der Waals surface area contributed by atoms with Crippen molar-refractivity contribution >= 4 is 5.91 Å². The van der Waals surface area contributed by atoms with Crippen LogP contribution in [0.4, 0.5) is 22.0 Å². The van der Waals surface area contributed by atoms with Gasteiger partial charge in [0.2, 0.25) is 5.91 Å². The number of alkyl halides is 3. The van der Waals surface area contributed by atoms with Crippen molar-refractivity contribution in [3.05, 3.63) is 70.8 Å².